The van der Waals surface area contributed by atoms with E-state index in [1.165, 1.54) is 23.4 Å². The molecule has 0 fully saturated rings. The van der Waals surface area contributed by atoms with E-state index in [-0.39, 0.29) is 11.9 Å². The van der Waals surface area contributed by atoms with Crippen LogP contribution in [0.3, 0.4) is 0 Å². The van der Waals surface area contributed by atoms with Crippen LogP contribution >= 0.6 is 0 Å². The van der Waals surface area contributed by atoms with Crippen LogP contribution in [-0.2, 0) is 12.8 Å². The highest BCUT2D eigenvalue weighted by Gasteiger charge is 2.22. The van der Waals surface area contributed by atoms with Gasteiger partial charge >= 0.3 is 0 Å². The Labute approximate surface area is 110 Å². The third-order valence-electron chi connectivity index (χ3n) is 3.37. The molecule has 0 atom stereocenters. The molecule has 0 saturated heterocycles. The van der Waals surface area contributed by atoms with Gasteiger partial charge in [-0.15, -0.1) is 0 Å². The number of halogens is 1. The highest BCUT2D eigenvalue weighted by Crippen LogP contribution is 2.21. The average Bonchev–Trinajstić information content (AvgIpc) is 2.80. The zero-order valence-electron chi connectivity index (χ0n) is 10.3. The molecule has 0 spiro atoms. The average molecular weight is 256 g/mol. The number of nitrogens with one attached hydrogen (secondary N) is 1. The molecule has 0 radical (unpaired) electrons. The number of amides is 1. The molecule has 1 aromatic carbocycles. The van der Waals surface area contributed by atoms with Crippen molar-refractivity contribution in [3.63, 3.8) is 0 Å². The molecule has 0 saturated carbocycles. The van der Waals surface area contributed by atoms with Gasteiger partial charge in [-0.05, 0) is 30.0 Å². The van der Waals surface area contributed by atoms with Crippen molar-refractivity contribution in [2.24, 2.45) is 0 Å². The molecule has 1 aromatic heterocycles. The molecule has 0 bridgehead atoms. The summed E-state index contributed by atoms with van der Waals surface area (Å²) in [6, 6.07) is 10.9. The lowest BCUT2D eigenvalue weighted by Crippen LogP contribution is -2.35. The second-order valence-corrected chi connectivity index (χ2v) is 4.71. The van der Waals surface area contributed by atoms with Gasteiger partial charge in [-0.25, -0.2) is 4.98 Å². The van der Waals surface area contributed by atoms with Crippen LogP contribution < -0.4 is 5.32 Å². The maximum absolute atomic E-state index is 13.0. The Hall–Kier alpha value is -2.23. The summed E-state index contributed by atoms with van der Waals surface area (Å²) in [7, 11) is 0. The summed E-state index contributed by atoms with van der Waals surface area (Å²) in [5.41, 5.74) is 2.85. The molecule has 1 N–H and O–H groups in total. The molecular weight excluding hydrogens is 243 g/mol. The number of carbonyl (C=O) groups excluding carboxylic acids is 1. The quantitative estimate of drug-likeness (QED) is 0.836. The fourth-order valence-electron chi connectivity index (χ4n) is 2.47. The molecule has 1 amide bonds. The molecule has 1 aliphatic rings. The smallest absolute Gasteiger partial charge is 0.251 e. The number of rotatable bonds is 2. The van der Waals surface area contributed by atoms with Crippen LogP contribution in [0.1, 0.15) is 21.5 Å². The maximum atomic E-state index is 13.0. The SMILES string of the molecule is O=C(NC1Cc2ccccc2C1)c1ccnc(F)c1. The minimum Gasteiger partial charge on any atom is -0.349 e. The van der Waals surface area contributed by atoms with Crippen molar-refractivity contribution in [3.05, 3.63) is 65.2 Å². The predicted octanol–water partition coefficient (Wildman–Crippen LogP) is 2.12. The lowest BCUT2D eigenvalue weighted by Gasteiger charge is -2.11. The van der Waals surface area contributed by atoms with Crippen molar-refractivity contribution in [2.75, 3.05) is 0 Å². The number of benzene rings is 1. The van der Waals surface area contributed by atoms with Crippen LogP contribution in [0.15, 0.2) is 42.6 Å². The lowest BCUT2D eigenvalue weighted by atomic mass is 10.1. The summed E-state index contributed by atoms with van der Waals surface area (Å²) in [5, 5.41) is 2.94. The van der Waals surface area contributed by atoms with Gasteiger partial charge in [-0.1, -0.05) is 24.3 Å². The molecule has 3 rings (SSSR count). The minimum absolute atomic E-state index is 0.0844. The van der Waals surface area contributed by atoms with Gasteiger partial charge in [0.15, 0.2) is 0 Å². The summed E-state index contributed by atoms with van der Waals surface area (Å²) in [6.07, 6.45) is 2.96. The summed E-state index contributed by atoms with van der Waals surface area (Å²) in [5.74, 6) is -0.888. The maximum Gasteiger partial charge on any atom is 0.251 e. The predicted molar refractivity (Wildman–Crippen MR) is 69.3 cm³/mol. The number of fused-ring (bicyclic) bond motifs is 1. The number of nitrogens with zero attached hydrogens (tertiary/aromatic N) is 1. The first kappa shape index (κ1) is 11.8. The van der Waals surface area contributed by atoms with E-state index in [1.807, 2.05) is 12.1 Å². The van der Waals surface area contributed by atoms with Crippen LogP contribution in [0.4, 0.5) is 4.39 Å². The fraction of sp³-hybridized carbons (Fsp3) is 0.200. The molecule has 96 valence electrons. The van der Waals surface area contributed by atoms with Gasteiger partial charge in [-0.2, -0.15) is 4.39 Å². The highest BCUT2D eigenvalue weighted by molar-refractivity contribution is 5.94. The Kier molecular flexibility index (Phi) is 2.99. The van der Waals surface area contributed by atoms with E-state index >= 15 is 0 Å². The Balaban J connectivity index is 1.69. The number of hydrogen-bond acceptors (Lipinski definition) is 2. The van der Waals surface area contributed by atoms with Gasteiger partial charge in [-0.3, -0.25) is 4.79 Å². The number of pyridine rings is 1. The monoisotopic (exact) mass is 256 g/mol. The van der Waals surface area contributed by atoms with Crippen molar-refractivity contribution in [1.29, 1.82) is 0 Å². The van der Waals surface area contributed by atoms with Gasteiger partial charge in [0.05, 0.1) is 0 Å². The van der Waals surface area contributed by atoms with Crippen LogP contribution in [0.2, 0.25) is 0 Å². The van der Waals surface area contributed by atoms with Gasteiger partial charge in [0.2, 0.25) is 5.95 Å². The first-order valence-corrected chi connectivity index (χ1v) is 6.21. The van der Waals surface area contributed by atoms with E-state index in [2.05, 4.69) is 22.4 Å². The molecule has 2 aromatic rings. The van der Waals surface area contributed by atoms with E-state index < -0.39 is 5.95 Å². The third kappa shape index (κ3) is 2.47. The van der Waals surface area contributed by atoms with E-state index in [0.29, 0.717) is 5.56 Å². The van der Waals surface area contributed by atoms with Gasteiger partial charge in [0, 0.05) is 23.9 Å². The van der Waals surface area contributed by atoms with Crippen LogP contribution in [-0.4, -0.2) is 16.9 Å². The topological polar surface area (TPSA) is 42.0 Å². The van der Waals surface area contributed by atoms with Crippen molar-refractivity contribution in [2.45, 2.75) is 18.9 Å². The van der Waals surface area contributed by atoms with Crippen molar-refractivity contribution in [1.82, 2.24) is 10.3 Å². The molecule has 1 heterocycles. The standard InChI is InChI=1S/C15H13FN2O/c16-14-9-12(5-6-17-14)15(19)18-13-7-10-3-1-2-4-11(10)8-13/h1-6,9,13H,7-8H2,(H,18,19). The van der Waals surface area contributed by atoms with Crippen LogP contribution in [0.5, 0.6) is 0 Å². The second kappa shape index (κ2) is 4.80. The van der Waals surface area contributed by atoms with Gasteiger partial charge in [0.1, 0.15) is 0 Å². The summed E-state index contributed by atoms with van der Waals surface area (Å²) >= 11 is 0. The molecule has 0 aliphatic heterocycles. The van der Waals surface area contributed by atoms with E-state index in [0.717, 1.165) is 18.9 Å². The van der Waals surface area contributed by atoms with Crippen LogP contribution in [0.25, 0.3) is 0 Å². The van der Waals surface area contributed by atoms with Gasteiger partial charge < -0.3 is 5.32 Å². The molecule has 1 aliphatic carbocycles. The first-order valence-electron chi connectivity index (χ1n) is 6.21. The van der Waals surface area contributed by atoms with E-state index in [4.69, 9.17) is 0 Å². The molecular formula is C15H13FN2O. The highest BCUT2D eigenvalue weighted by atomic mass is 19.1. The van der Waals surface area contributed by atoms with Crippen molar-refractivity contribution >= 4 is 5.91 Å². The number of aromatic nitrogens is 1. The Morgan fingerprint density at radius 3 is 2.53 bits per heavy atom. The minimum atomic E-state index is -0.637. The summed E-state index contributed by atoms with van der Waals surface area (Å²) < 4.78 is 13.0. The van der Waals surface area contributed by atoms with Crippen molar-refractivity contribution in [3.8, 4) is 0 Å². The normalized spacial score (nSPS) is 14.2. The molecule has 0 unspecified atom stereocenters. The van der Waals surface area contributed by atoms with E-state index in [1.54, 1.807) is 0 Å². The Morgan fingerprint density at radius 2 is 1.89 bits per heavy atom. The third-order valence-corrected chi connectivity index (χ3v) is 3.37. The summed E-state index contributed by atoms with van der Waals surface area (Å²) in [4.78, 5) is 15.4. The zero-order chi connectivity index (χ0) is 13.2. The fourth-order valence-corrected chi connectivity index (χ4v) is 2.47. The van der Waals surface area contributed by atoms with E-state index in [9.17, 15) is 9.18 Å². The van der Waals surface area contributed by atoms with Crippen molar-refractivity contribution < 1.29 is 9.18 Å². The van der Waals surface area contributed by atoms with Gasteiger partial charge in [0.25, 0.3) is 5.91 Å². The lowest BCUT2D eigenvalue weighted by molar-refractivity contribution is 0.0938. The molecule has 19 heavy (non-hydrogen) atoms. The largest absolute Gasteiger partial charge is 0.349 e. The first-order chi connectivity index (χ1) is 9.22. The second-order valence-electron chi connectivity index (χ2n) is 4.71. The number of carbonyl (C=O) groups is 1. The van der Waals surface area contributed by atoms with Crippen LogP contribution in [0, 0.1) is 5.95 Å². The Morgan fingerprint density at radius 1 is 1.21 bits per heavy atom. The Bertz CT molecular complexity index is 602. The molecule has 4 heteroatoms. The summed E-state index contributed by atoms with van der Waals surface area (Å²) in [6.45, 7) is 0. The zero-order valence-corrected chi connectivity index (χ0v) is 10.3. The number of hydrogen-bond donors (Lipinski definition) is 1. The molecule has 3 nitrogen and oxygen atoms in total.